The highest BCUT2D eigenvalue weighted by Gasteiger charge is 2.16. The number of hydrogen-bond donors (Lipinski definition) is 0. The number of fused-ring (bicyclic) bond motifs is 2. The summed E-state index contributed by atoms with van der Waals surface area (Å²) < 4.78 is 22.9. The Morgan fingerprint density at radius 2 is 2.00 bits per heavy atom. The molecule has 0 aliphatic heterocycles. The van der Waals surface area contributed by atoms with Gasteiger partial charge < -0.3 is 0 Å². The zero-order valence-electron chi connectivity index (χ0n) is 10.7. The van der Waals surface area contributed by atoms with Crippen molar-refractivity contribution in [3.63, 3.8) is 0 Å². The number of Topliss-reactive ketones (excluding diaryl/α,β-unsaturated/α-hetero) is 1. The number of aromatic nitrogens is 2. The highest BCUT2D eigenvalue weighted by Crippen LogP contribution is 2.18. The predicted octanol–water partition coefficient (Wildman–Crippen LogP) is 2.23. The van der Waals surface area contributed by atoms with Crippen molar-refractivity contribution < 1.29 is 8.91 Å². The number of carbonyl (C=O) groups is 1. The van der Waals surface area contributed by atoms with Crippen LogP contribution >= 0.6 is 0 Å². The molecule has 0 saturated carbocycles. The smallest absolute Gasteiger partial charge is 0.187 e. The molecule has 1 aromatic carbocycles. The molecule has 0 N–H and O–H groups in total. The molecular weight excluding hydrogens is 188 g/mol. The molecule has 1 heterocycles. The van der Waals surface area contributed by atoms with Crippen molar-refractivity contribution in [2.45, 2.75) is 6.40 Å². The van der Waals surface area contributed by atoms with Gasteiger partial charge in [0.15, 0.2) is 5.78 Å². The van der Waals surface area contributed by atoms with Crippen LogP contribution in [0.2, 0.25) is 0 Å². The Morgan fingerprint density at radius 1 is 1.27 bits per heavy atom. The van der Waals surface area contributed by atoms with Crippen LogP contribution in [0.15, 0.2) is 30.3 Å². The molecule has 0 fully saturated rings. The second-order valence-electron chi connectivity index (χ2n) is 3.19. The van der Waals surface area contributed by atoms with Crippen molar-refractivity contribution in [1.82, 2.24) is 9.97 Å². The topological polar surface area (TPSA) is 42.9 Å². The van der Waals surface area contributed by atoms with Gasteiger partial charge in [0.05, 0.1) is 19.5 Å². The van der Waals surface area contributed by atoms with Crippen LogP contribution in [0.4, 0.5) is 0 Å². The molecule has 2 aromatic rings. The molecule has 0 bridgehead atoms. The summed E-state index contributed by atoms with van der Waals surface area (Å²) in [5, 5.41) is 0. The van der Waals surface area contributed by atoms with E-state index in [0.717, 1.165) is 0 Å². The summed E-state index contributed by atoms with van der Waals surface area (Å²) in [6.07, 6.45) is -1.36. The second-order valence-corrected chi connectivity index (χ2v) is 3.19. The Balaban J connectivity index is 2.38. The van der Waals surface area contributed by atoms with Crippen LogP contribution < -0.4 is 0 Å². The van der Waals surface area contributed by atoms with Crippen LogP contribution in [-0.4, -0.2) is 15.8 Å². The van der Waals surface area contributed by atoms with Gasteiger partial charge in [-0.25, -0.2) is 9.97 Å². The molecule has 3 rings (SSSR count). The standard InChI is InChI=1S/C12H8N2O/c15-11-7-3-6-10-12(11)14-9-5-2-1-4-8(9)13-10/h1-6H,7H2/i3D,6D,7D. The molecule has 1 aliphatic rings. The summed E-state index contributed by atoms with van der Waals surface area (Å²) in [7, 11) is 0. The van der Waals surface area contributed by atoms with Crippen LogP contribution in [0, 0.1) is 0 Å². The zero-order valence-corrected chi connectivity index (χ0v) is 7.69. The number of carbonyl (C=O) groups excluding carboxylic acids is 1. The highest BCUT2D eigenvalue weighted by atomic mass is 16.1. The van der Waals surface area contributed by atoms with Crippen molar-refractivity contribution in [3.05, 3.63) is 41.7 Å². The van der Waals surface area contributed by atoms with E-state index in [4.69, 9.17) is 4.11 Å². The molecule has 3 nitrogen and oxygen atoms in total. The Morgan fingerprint density at radius 3 is 2.80 bits per heavy atom. The highest BCUT2D eigenvalue weighted by molar-refractivity contribution is 6.01. The van der Waals surface area contributed by atoms with Crippen LogP contribution in [0.3, 0.4) is 0 Å². The van der Waals surface area contributed by atoms with Gasteiger partial charge in [-0.2, -0.15) is 0 Å². The van der Waals surface area contributed by atoms with Gasteiger partial charge in [0.25, 0.3) is 0 Å². The van der Waals surface area contributed by atoms with E-state index in [2.05, 4.69) is 9.97 Å². The number of allylic oxidation sites excluding steroid dienone is 1. The Kier molecular flexibility index (Phi) is 1.14. The van der Waals surface area contributed by atoms with E-state index in [-0.39, 0.29) is 23.5 Å². The first-order valence-corrected chi connectivity index (χ1v) is 4.50. The fourth-order valence-electron chi connectivity index (χ4n) is 1.50. The summed E-state index contributed by atoms with van der Waals surface area (Å²) in [6, 6.07) is 6.51. The van der Waals surface area contributed by atoms with Crippen molar-refractivity contribution in [1.29, 1.82) is 0 Å². The molecule has 1 aliphatic carbocycles. The second kappa shape index (κ2) is 2.98. The van der Waals surface area contributed by atoms with Gasteiger partial charge in [0.2, 0.25) is 0 Å². The average Bonchev–Trinajstić information content (AvgIpc) is 2.41. The lowest BCUT2D eigenvalue weighted by Gasteiger charge is -2.08. The van der Waals surface area contributed by atoms with Crippen molar-refractivity contribution >= 4 is 22.9 Å². The van der Waals surface area contributed by atoms with E-state index < -0.39 is 12.2 Å². The van der Waals surface area contributed by atoms with Crippen LogP contribution in [-0.2, 0) is 0 Å². The molecule has 72 valence electrons. The molecule has 0 radical (unpaired) electrons. The lowest BCUT2D eigenvalue weighted by Crippen LogP contribution is -2.09. The number of hydrogen-bond acceptors (Lipinski definition) is 3. The maximum Gasteiger partial charge on any atom is 0.187 e. The van der Waals surface area contributed by atoms with Gasteiger partial charge in [-0.3, -0.25) is 4.79 Å². The SMILES string of the molecule is [2H]C1=C([2H])C([2H])C(=O)c2nc3ccccc3nc21. The van der Waals surface area contributed by atoms with Gasteiger partial charge >= 0.3 is 0 Å². The van der Waals surface area contributed by atoms with Gasteiger partial charge in [-0.05, 0) is 18.2 Å². The summed E-state index contributed by atoms with van der Waals surface area (Å²) >= 11 is 0. The van der Waals surface area contributed by atoms with E-state index >= 15 is 0 Å². The average molecular weight is 199 g/mol. The third-order valence-electron chi connectivity index (χ3n) is 2.20. The fraction of sp³-hybridized carbons (Fsp3) is 0.0833. The Bertz CT molecular complexity index is 712. The van der Waals surface area contributed by atoms with E-state index in [1.54, 1.807) is 24.3 Å². The molecular formula is C12H8N2O. The first-order valence-electron chi connectivity index (χ1n) is 6.08. The number of rotatable bonds is 0. The van der Waals surface area contributed by atoms with E-state index in [1.807, 2.05) is 0 Å². The minimum absolute atomic E-state index is 0.0229. The van der Waals surface area contributed by atoms with Gasteiger partial charge in [0, 0.05) is 7.77 Å². The lowest BCUT2D eigenvalue weighted by molar-refractivity contribution is 0.0989. The minimum Gasteiger partial charge on any atom is -0.292 e. The van der Waals surface area contributed by atoms with Crippen molar-refractivity contribution in [3.8, 4) is 0 Å². The van der Waals surface area contributed by atoms with Gasteiger partial charge in [-0.1, -0.05) is 18.2 Å². The summed E-state index contributed by atoms with van der Waals surface area (Å²) in [5.41, 5.74) is 1.25. The van der Waals surface area contributed by atoms with E-state index in [1.165, 1.54) is 0 Å². The van der Waals surface area contributed by atoms with Crippen LogP contribution in [0.5, 0.6) is 0 Å². The molecule has 3 heteroatoms. The number of ketones is 1. The quantitative estimate of drug-likeness (QED) is 0.653. The molecule has 0 amide bonds. The normalized spacial score (nSPS) is 23.3. The minimum atomic E-state index is -1.36. The lowest BCUT2D eigenvalue weighted by atomic mass is 10.1. The molecule has 1 unspecified atom stereocenters. The summed E-state index contributed by atoms with van der Waals surface area (Å²) in [5.74, 6) is -0.566. The summed E-state index contributed by atoms with van der Waals surface area (Å²) in [4.78, 5) is 20.3. The third kappa shape index (κ3) is 1.24. The van der Waals surface area contributed by atoms with Crippen LogP contribution in [0.25, 0.3) is 17.1 Å². The molecule has 0 spiro atoms. The van der Waals surface area contributed by atoms with Gasteiger partial charge in [0.1, 0.15) is 5.69 Å². The van der Waals surface area contributed by atoms with Gasteiger partial charge in [-0.15, -0.1) is 0 Å². The Hall–Kier alpha value is -2.03. The maximum atomic E-state index is 11.9. The monoisotopic (exact) mass is 199 g/mol. The maximum absolute atomic E-state index is 11.9. The summed E-state index contributed by atoms with van der Waals surface area (Å²) in [6.45, 7) is 0. The molecule has 15 heavy (non-hydrogen) atoms. The molecule has 0 saturated heterocycles. The van der Waals surface area contributed by atoms with E-state index in [0.29, 0.717) is 11.0 Å². The third-order valence-corrected chi connectivity index (χ3v) is 2.20. The Labute approximate surface area is 90.7 Å². The van der Waals surface area contributed by atoms with Crippen molar-refractivity contribution in [2.24, 2.45) is 0 Å². The van der Waals surface area contributed by atoms with E-state index in [9.17, 15) is 4.79 Å². The fourth-order valence-corrected chi connectivity index (χ4v) is 1.50. The van der Waals surface area contributed by atoms with Crippen molar-refractivity contribution in [2.75, 3.05) is 0 Å². The largest absolute Gasteiger partial charge is 0.292 e. The van der Waals surface area contributed by atoms with Crippen LogP contribution in [0.1, 0.15) is 26.7 Å². The first kappa shape index (κ1) is 5.75. The number of nitrogens with zero attached hydrogens (tertiary/aromatic N) is 2. The number of para-hydroxylation sites is 2. The molecule has 1 aromatic heterocycles. The first-order chi connectivity index (χ1) is 8.59. The predicted molar refractivity (Wildman–Crippen MR) is 57.5 cm³/mol. The molecule has 1 atom stereocenters. The number of benzene rings is 1. The zero-order chi connectivity index (χ0) is 12.9.